The maximum absolute atomic E-state index is 13.8. The summed E-state index contributed by atoms with van der Waals surface area (Å²) in [6.45, 7) is 5.71. The van der Waals surface area contributed by atoms with Crippen LogP contribution in [0.15, 0.2) is 97.1 Å². The molecule has 1 aliphatic rings. The van der Waals surface area contributed by atoms with E-state index in [1.54, 1.807) is 0 Å². The number of benzene rings is 3. The highest BCUT2D eigenvalue weighted by Crippen LogP contribution is 2.34. The Labute approximate surface area is 259 Å². The first-order chi connectivity index (χ1) is 21.6. The molecule has 2 heterocycles. The molecule has 45 heavy (non-hydrogen) atoms. The molecule has 0 atom stereocenters. The zero-order valence-corrected chi connectivity index (χ0v) is 24.8. The summed E-state index contributed by atoms with van der Waals surface area (Å²) in [7, 11) is 0. The van der Waals surface area contributed by atoms with Gasteiger partial charge in [0.1, 0.15) is 5.69 Å². The molecule has 1 saturated heterocycles. The Morgan fingerprint density at radius 1 is 0.667 bits per heavy atom. The second kappa shape index (κ2) is 14.6. The van der Waals surface area contributed by atoms with Crippen LogP contribution in [0.3, 0.4) is 0 Å². The molecule has 0 aliphatic carbocycles. The zero-order valence-electron chi connectivity index (χ0n) is 24.8. The zero-order chi connectivity index (χ0) is 31.9. The van der Waals surface area contributed by atoms with Crippen LogP contribution in [-0.4, -0.2) is 60.6 Å². The second-order valence-electron chi connectivity index (χ2n) is 11.2. The maximum Gasteiger partial charge on any atom is 0.433 e. The molecule has 0 radical (unpaired) electrons. The number of nitrogens with one attached hydrogen (secondary N) is 1. The van der Waals surface area contributed by atoms with Crippen molar-refractivity contribution in [1.29, 1.82) is 0 Å². The molecule has 3 aromatic carbocycles. The number of rotatable bonds is 11. The number of hydrogen-bond donors (Lipinski definition) is 1. The third-order valence-electron chi connectivity index (χ3n) is 8.16. The lowest BCUT2D eigenvalue weighted by Crippen LogP contribution is -2.48. The molecule has 1 fully saturated rings. The van der Waals surface area contributed by atoms with E-state index in [1.807, 2.05) is 12.1 Å². The summed E-state index contributed by atoms with van der Waals surface area (Å²) in [5.74, 6) is 0. The van der Waals surface area contributed by atoms with Crippen molar-refractivity contribution >= 4 is 0 Å². The summed E-state index contributed by atoms with van der Waals surface area (Å²) < 4.78 is 80.1. The van der Waals surface area contributed by atoms with Crippen molar-refractivity contribution in [2.45, 2.75) is 31.2 Å². The van der Waals surface area contributed by atoms with Gasteiger partial charge in [-0.1, -0.05) is 78.9 Å². The lowest BCUT2D eigenvalue weighted by molar-refractivity contribution is -0.141. The van der Waals surface area contributed by atoms with Crippen LogP contribution in [0.4, 0.5) is 26.3 Å². The third kappa shape index (κ3) is 8.71. The van der Waals surface area contributed by atoms with E-state index in [2.05, 4.69) is 68.6 Å². The van der Waals surface area contributed by atoms with Crippen molar-refractivity contribution in [2.24, 2.45) is 0 Å². The van der Waals surface area contributed by atoms with Crippen LogP contribution >= 0.6 is 0 Å². The number of piperazine rings is 1. The number of alkyl halides is 6. The predicted octanol–water partition coefficient (Wildman–Crippen LogP) is 7.72. The van der Waals surface area contributed by atoms with Gasteiger partial charge in [0.15, 0.2) is 0 Å². The van der Waals surface area contributed by atoms with E-state index in [9.17, 15) is 26.3 Å². The van der Waals surface area contributed by atoms with Crippen LogP contribution in [0.5, 0.6) is 0 Å². The molecule has 5 rings (SSSR count). The van der Waals surface area contributed by atoms with Gasteiger partial charge >= 0.3 is 12.4 Å². The molecule has 1 aliphatic heterocycles. The van der Waals surface area contributed by atoms with Crippen molar-refractivity contribution in [3.63, 3.8) is 0 Å². The van der Waals surface area contributed by atoms with E-state index in [4.69, 9.17) is 0 Å². The summed E-state index contributed by atoms with van der Waals surface area (Å²) in [6.07, 6.45) is -8.20. The van der Waals surface area contributed by atoms with Gasteiger partial charge in [-0.05, 0) is 67.4 Å². The molecule has 0 amide bonds. The maximum atomic E-state index is 13.8. The summed E-state index contributed by atoms with van der Waals surface area (Å²) in [5.41, 5.74) is 0.893. The van der Waals surface area contributed by atoms with Gasteiger partial charge in [0.05, 0.1) is 17.3 Å². The van der Waals surface area contributed by atoms with E-state index in [0.717, 1.165) is 63.4 Å². The largest absolute Gasteiger partial charge is 0.433 e. The molecule has 10 heteroatoms. The third-order valence-corrected chi connectivity index (χ3v) is 8.16. The van der Waals surface area contributed by atoms with E-state index in [0.29, 0.717) is 13.1 Å². The molecule has 0 saturated carbocycles. The SMILES string of the molecule is FC(F)(F)c1ccc(-c2ccc(CCNCCCN3CCN(C(c4ccccc4)c4ccccc4)CC3)c(C(F)(F)F)n2)cc1. The first-order valence-electron chi connectivity index (χ1n) is 15.1. The Morgan fingerprint density at radius 3 is 1.82 bits per heavy atom. The standard InChI is InChI=1S/C35H36F6N4/c36-34(37,38)30-15-12-26(13-16-30)31-17-14-29(33(43-31)35(39,40)41)18-20-42-19-7-21-44-22-24-45(25-23-44)32(27-8-3-1-4-9-27)28-10-5-2-6-11-28/h1-6,8-17,32,42H,7,18-25H2. The van der Waals surface area contributed by atoms with Crippen molar-refractivity contribution in [1.82, 2.24) is 20.1 Å². The van der Waals surface area contributed by atoms with Crippen LogP contribution in [0, 0.1) is 0 Å². The van der Waals surface area contributed by atoms with Crippen molar-refractivity contribution in [3.05, 3.63) is 125 Å². The van der Waals surface area contributed by atoms with E-state index in [1.165, 1.54) is 23.3 Å². The minimum absolute atomic E-state index is 0.0216. The van der Waals surface area contributed by atoms with Crippen LogP contribution in [0.25, 0.3) is 11.3 Å². The first kappa shape index (κ1) is 32.7. The summed E-state index contributed by atoms with van der Waals surface area (Å²) in [4.78, 5) is 8.74. The monoisotopic (exact) mass is 626 g/mol. The number of aromatic nitrogens is 1. The number of pyridine rings is 1. The van der Waals surface area contributed by atoms with Gasteiger partial charge in [0.25, 0.3) is 0 Å². The molecule has 4 nitrogen and oxygen atoms in total. The Hall–Kier alpha value is -3.73. The summed E-state index contributed by atoms with van der Waals surface area (Å²) in [6, 6.07) is 28.0. The Morgan fingerprint density at radius 2 is 1.27 bits per heavy atom. The number of halogens is 6. The minimum Gasteiger partial charge on any atom is -0.316 e. The molecule has 1 aromatic heterocycles. The predicted molar refractivity (Wildman–Crippen MR) is 164 cm³/mol. The van der Waals surface area contributed by atoms with Crippen molar-refractivity contribution in [2.75, 3.05) is 45.8 Å². The molecule has 0 spiro atoms. The average Bonchev–Trinajstić information content (AvgIpc) is 3.04. The summed E-state index contributed by atoms with van der Waals surface area (Å²) >= 11 is 0. The fourth-order valence-electron chi connectivity index (χ4n) is 5.83. The fraction of sp³-hybridized carbons (Fsp3) is 0.343. The molecular weight excluding hydrogens is 590 g/mol. The molecule has 4 aromatic rings. The van der Waals surface area contributed by atoms with Gasteiger partial charge in [-0.15, -0.1) is 0 Å². The molecular formula is C35H36F6N4. The highest BCUT2D eigenvalue weighted by atomic mass is 19.4. The van der Waals surface area contributed by atoms with Gasteiger partial charge in [-0.2, -0.15) is 26.3 Å². The average molecular weight is 627 g/mol. The normalized spacial score (nSPS) is 15.1. The molecule has 238 valence electrons. The fourth-order valence-corrected chi connectivity index (χ4v) is 5.83. The van der Waals surface area contributed by atoms with E-state index in [-0.39, 0.29) is 29.3 Å². The quantitative estimate of drug-likeness (QED) is 0.137. The highest BCUT2D eigenvalue weighted by molar-refractivity contribution is 5.60. The van der Waals surface area contributed by atoms with Gasteiger partial charge in [0.2, 0.25) is 0 Å². The number of nitrogens with zero attached hydrogens (tertiary/aromatic N) is 3. The Balaban J connectivity index is 1.08. The molecule has 0 unspecified atom stereocenters. The minimum atomic E-state index is -4.68. The Bertz CT molecular complexity index is 1440. The first-order valence-corrected chi connectivity index (χ1v) is 15.1. The van der Waals surface area contributed by atoms with Crippen LogP contribution < -0.4 is 5.32 Å². The lowest BCUT2D eigenvalue weighted by Gasteiger charge is -2.39. The van der Waals surface area contributed by atoms with Gasteiger partial charge in [-0.25, -0.2) is 4.98 Å². The smallest absolute Gasteiger partial charge is 0.316 e. The molecule has 0 bridgehead atoms. The topological polar surface area (TPSA) is 31.4 Å². The van der Waals surface area contributed by atoms with Gasteiger partial charge in [0, 0.05) is 31.7 Å². The van der Waals surface area contributed by atoms with Crippen LogP contribution in [0.1, 0.15) is 40.4 Å². The van der Waals surface area contributed by atoms with Crippen molar-refractivity contribution < 1.29 is 26.3 Å². The summed E-state index contributed by atoms with van der Waals surface area (Å²) in [5, 5.41) is 3.25. The lowest BCUT2D eigenvalue weighted by atomic mass is 9.96. The van der Waals surface area contributed by atoms with Crippen LogP contribution in [0.2, 0.25) is 0 Å². The van der Waals surface area contributed by atoms with E-state index >= 15 is 0 Å². The second-order valence-corrected chi connectivity index (χ2v) is 11.2. The molecule has 1 N–H and O–H groups in total. The Kier molecular flexibility index (Phi) is 10.6. The highest BCUT2D eigenvalue weighted by Gasteiger charge is 2.36. The van der Waals surface area contributed by atoms with Crippen molar-refractivity contribution in [3.8, 4) is 11.3 Å². The van der Waals surface area contributed by atoms with Gasteiger partial charge < -0.3 is 10.2 Å². The number of hydrogen-bond acceptors (Lipinski definition) is 4. The van der Waals surface area contributed by atoms with E-state index < -0.39 is 23.6 Å². The van der Waals surface area contributed by atoms with Crippen LogP contribution in [-0.2, 0) is 18.8 Å². The van der Waals surface area contributed by atoms with Gasteiger partial charge in [-0.3, -0.25) is 4.90 Å².